The van der Waals surface area contributed by atoms with Gasteiger partial charge in [0.1, 0.15) is 36.9 Å². The summed E-state index contributed by atoms with van der Waals surface area (Å²) >= 11 is 6.14. The van der Waals surface area contributed by atoms with Crippen LogP contribution in [0, 0.1) is 0 Å². The number of hydrogen-bond donors (Lipinski definition) is 2. The van der Waals surface area contributed by atoms with Crippen molar-refractivity contribution in [1.29, 1.82) is 0 Å². The SMILES string of the molecule is CC1C[C@@H](O)C[N+]1(C(=O)NCc1cc(Cl)ccc1-n1cncn1)C(=O)OC(C)(C)C. The molecule has 3 rings (SSSR count). The summed E-state index contributed by atoms with van der Waals surface area (Å²) in [7, 11) is 0. The van der Waals surface area contributed by atoms with Gasteiger partial charge in [0, 0.05) is 11.4 Å². The second kappa shape index (κ2) is 8.33. The summed E-state index contributed by atoms with van der Waals surface area (Å²) in [6, 6.07) is 4.26. The summed E-state index contributed by atoms with van der Waals surface area (Å²) in [6.07, 6.45) is 1.84. The first-order chi connectivity index (χ1) is 14.0. The number of amides is 3. The van der Waals surface area contributed by atoms with Crippen molar-refractivity contribution in [2.75, 3.05) is 6.54 Å². The van der Waals surface area contributed by atoms with E-state index in [4.69, 9.17) is 16.3 Å². The lowest BCUT2D eigenvalue weighted by atomic mass is 10.1. The Kier molecular flexibility index (Phi) is 6.16. The molecule has 1 aromatic carbocycles. The molecule has 2 unspecified atom stereocenters. The van der Waals surface area contributed by atoms with Gasteiger partial charge in [0.25, 0.3) is 0 Å². The number of carbonyl (C=O) groups is 2. The molecule has 9 nitrogen and oxygen atoms in total. The Balaban J connectivity index is 1.86. The third-order valence-electron chi connectivity index (χ3n) is 5.08. The summed E-state index contributed by atoms with van der Waals surface area (Å²) < 4.78 is 6.49. The van der Waals surface area contributed by atoms with Crippen molar-refractivity contribution in [2.45, 2.75) is 58.4 Å². The summed E-state index contributed by atoms with van der Waals surface area (Å²) in [5, 5.41) is 17.6. The highest BCUT2D eigenvalue weighted by Gasteiger charge is 2.58. The van der Waals surface area contributed by atoms with Gasteiger partial charge in [-0.3, -0.25) is 0 Å². The number of imide groups is 1. The third kappa shape index (κ3) is 4.48. The molecule has 2 aromatic rings. The number of aromatic nitrogens is 3. The van der Waals surface area contributed by atoms with Crippen LogP contribution in [0.5, 0.6) is 0 Å². The van der Waals surface area contributed by atoms with E-state index in [1.54, 1.807) is 56.9 Å². The molecule has 1 aliphatic rings. The van der Waals surface area contributed by atoms with Crippen LogP contribution in [0.4, 0.5) is 9.59 Å². The van der Waals surface area contributed by atoms with E-state index in [2.05, 4.69) is 15.4 Å². The number of nitrogens with one attached hydrogen (secondary N) is 1. The second-order valence-corrected chi connectivity index (χ2v) is 8.98. The predicted octanol–water partition coefficient (Wildman–Crippen LogP) is 3.04. The molecule has 162 valence electrons. The molecule has 0 radical (unpaired) electrons. The topological polar surface area (TPSA) is 106 Å². The van der Waals surface area contributed by atoms with Crippen molar-refractivity contribution in [3.05, 3.63) is 41.4 Å². The number of benzene rings is 1. The van der Waals surface area contributed by atoms with Crippen LogP contribution in [-0.2, 0) is 11.3 Å². The first kappa shape index (κ1) is 22.2. The summed E-state index contributed by atoms with van der Waals surface area (Å²) in [5.74, 6) is 0. The van der Waals surface area contributed by atoms with Crippen LogP contribution >= 0.6 is 11.6 Å². The van der Waals surface area contributed by atoms with Gasteiger partial charge >= 0.3 is 12.1 Å². The summed E-state index contributed by atoms with van der Waals surface area (Å²) in [5.41, 5.74) is 0.648. The zero-order valence-electron chi connectivity index (χ0n) is 17.5. The normalized spacial score (nSPS) is 23.9. The van der Waals surface area contributed by atoms with Crippen molar-refractivity contribution in [1.82, 2.24) is 20.1 Å². The van der Waals surface area contributed by atoms with E-state index in [0.717, 1.165) is 0 Å². The monoisotopic (exact) mass is 436 g/mol. The lowest BCUT2D eigenvalue weighted by Crippen LogP contribution is -2.64. The largest absolute Gasteiger partial charge is 0.526 e. The fourth-order valence-electron chi connectivity index (χ4n) is 3.69. The second-order valence-electron chi connectivity index (χ2n) is 8.54. The summed E-state index contributed by atoms with van der Waals surface area (Å²) in [6.45, 7) is 7.07. The van der Waals surface area contributed by atoms with E-state index in [1.807, 2.05) is 0 Å². The molecule has 3 atom stereocenters. The van der Waals surface area contributed by atoms with Gasteiger partial charge in [-0.25, -0.2) is 14.5 Å². The zero-order chi connectivity index (χ0) is 22.1. The van der Waals surface area contributed by atoms with Gasteiger partial charge in [0.15, 0.2) is 0 Å². The molecule has 1 fully saturated rings. The molecule has 0 saturated carbocycles. The third-order valence-corrected chi connectivity index (χ3v) is 5.32. The van der Waals surface area contributed by atoms with Gasteiger partial charge in [-0.05, 0) is 51.5 Å². The van der Waals surface area contributed by atoms with E-state index >= 15 is 0 Å². The molecule has 1 aromatic heterocycles. The van der Waals surface area contributed by atoms with Crippen LogP contribution in [-0.4, -0.2) is 60.8 Å². The number of likely N-dealkylation sites (tertiary alicyclic amines) is 1. The molecule has 30 heavy (non-hydrogen) atoms. The summed E-state index contributed by atoms with van der Waals surface area (Å²) in [4.78, 5) is 30.3. The fraction of sp³-hybridized carbons (Fsp3) is 0.500. The number of nitrogens with zero attached hydrogens (tertiary/aromatic N) is 4. The van der Waals surface area contributed by atoms with E-state index in [9.17, 15) is 14.7 Å². The van der Waals surface area contributed by atoms with Crippen LogP contribution < -0.4 is 5.32 Å². The van der Waals surface area contributed by atoms with Crippen molar-refractivity contribution in [2.24, 2.45) is 0 Å². The number of halogens is 1. The molecule has 3 amide bonds. The number of urea groups is 1. The minimum Gasteiger partial charge on any atom is -0.414 e. The maximum atomic E-state index is 13.3. The van der Waals surface area contributed by atoms with Gasteiger partial charge in [-0.1, -0.05) is 11.6 Å². The van der Waals surface area contributed by atoms with Crippen molar-refractivity contribution < 1.29 is 23.9 Å². The maximum Gasteiger partial charge on any atom is 0.526 e. The Bertz CT molecular complexity index is 928. The lowest BCUT2D eigenvalue weighted by molar-refractivity contribution is -0.790. The van der Waals surface area contributed by atoms with Crippen LogP contribution in [0.2, 0.25) is 5.02 Å². The molecular weight excluding hydrogens is 410 g/mol. The molecule has 0 aliphatic carbocycles. The van der Waals surface area contributed by atoms with Crippen LogP contribution in [0.25, 0.3) is 5.69 Å². The number of rotatable bonds is 3. The minimum absolute atomic E-state index is 0.0343. The highest BCUT2D eigenvalue weighted by atomic mass is 35.5. The smallest absolute Gasteiger partial charge is 0.414 e. The van der Waals surface area contributed by atoms with Crippen molar-refractivity contribution in [3.63, 3.8) is 0 Å². The average Bonchev–Trinajstić information content (AvgIpc) is 3.26. The van der Waals surface area contributed by atoms with Crippen molar-refractivity contribution in [3.8, 4) is 5.69 Å². The van der Waals surface area contributed by atoms with E-state index < -0.39 is 34.4 Å². The number of quaternary nitrogens is 1. The van der Waals surface area contributed by atoms with Gasteiger partial charge in [0.05, 0.1) is 12.2 Å². The van der Waals surface area contributed by atoms with E-state index in [-0.39, 0.29) is 13.1 Å². The van der Waals surface area contributed by atoms with Crippen molar-refractivity contribution >= 4 is 23.7 Å². The van der Waals surface area contributed by atoms with Gasteiger partial charge in [-0.15, -0.1) is 4.48 Å². The predicted molar refractivity (Wildman–Crippen MR) is 110 cm³/mol. The van der Waals surface area contributed by atoms with Crippen LogP contribution in [0.15, 0.2) is 30.9 Å². The first-order valence-corrected chi connectivity index (χ1v) is 10.1. The highest BCUT2D eigenvalue weighted by molar-refractivity contribution is 6.30. The maximum absolute atomic E-state index is 13.3. The minimum atomic E-state index is -0.768. The first-order valence-electron chi connectivity index (χ1n) is 9.74. The Hall–Kier alpha value is -2.49. The van der Waals surface area contributed by atoms with Gasteiger partial charge in [-0.2, -0.15) is 9.89 Å². The molecule has 0 spiro atoms. The van der Waals surface area contributed by atoms with Gasteiger partial charge < -0.3 is 15.2 Å². The van der Waals surface area contributed by atoms with Crippen LogP contribution in [0.1, 0.15) is 39.7 Å². The molecule has 1 aliphatic heterocycles. The average molecular weight is 437 g/mol. The molecule has 1 saturated heterocycles. The number of hydrogen-bond acceptors (Lipinski definition) is 6. The zero-order valence-corrected chi connectivity index (χ0v) is 18.3. The number of carbonyl (C=O) groups excluding carboxylic acids is 2. The highest BCUT2D eigenvalue weighted by Crippen LogP contribution is 2.31. The van der Waals surface area contributed by atoms with Gasteiger partial charge in [0.2, 0.25) is 0 Å². The fourth-order valence-corrected chi connectivity index (χ4v) is 3.88. The molecule has 2 heterocycles. The Morgan fingerprint density at radius 3 is 2.70 bits per heavy atom. The molecule has 0 bridgehead atoms. The Labute approximate surface area is 180 Å². The number of aliphatic hydroxyl groups excluding tert-OH is 1. The molecule has 10 heteroatoms. The number of ether oxygens (including phenoxy) is 1. The quantitative estimate of drug-likeness (QED) is 0.716. The standard InChI is InChI=1S/C20H26ClN5O4/c1-13-7-16(27)10-26(13,19(29)30-20(2,3)4)18(28)23-9-14-8-15(21)5-6-17(14)25-12-22-11-24-25/h5-6,8,11-13,16,27H,7,9-10H2,1-4H3/p+1/t13?,16-,26?/m1/s1. The molecule has 2 N–H and O–H groups in total. The molecular formula is C20H27ClN5O4+. The lowest BCUT2D eigenvalue weighted by Gasteiger charge is -2.33. The Morgan fingerprint density at radius 2 is 2.13 bits per heavy atom. The van der Waals surface area contributed by atoms with E-state index in [1.165, 1.54) is 6.33 Å². The van der Waals surface area contributed by atoms with Crippen LogP contribution in [0.3, 0.4) is 0 Å². The number of aliphatic hydroxyl groups is 1. The van der Waals surface area contributed by atoms with E-state index in [0.29, 0.717) is 22.7 Å². The Morgan fingerprint density at radius 1 is 1.40 bits per heavy atom.